The lowest BCUT2D eigenvalue weighted by Crippen LogP contribution is -2.39. The Hall–Kier alpha value is -2.17. The molecule has 4 atom stereocenters. The molecule has 2 rings (SSSR count). The number of hydrogen-bond acceptors (Lipinski definition) is 7. The van der Waals surface area contributed by atoms with Crippen LogP contribution in [0.4, 0.5) is 0 Å². The minimum atomic E-state index is -1.44. The van der Waals surface area contributed by atoms with Crippen LogP contribution in [0.2, 0.25) is 0 Å². The topological polar surface area (TPSA) is 174 Å². The third-order valence-corrected chi connectivity index (χ3v) is 3.38. The maximum atomic E-state index is 11.8. The average molecular weight is 313 g/mol. The molecular formula is C11H15N5O6. The molecule has 1 aromatic heterocycles. The summed E-state index contributed by atoms with van der Waals surface area (Å²) in [6, 6.07) is 0. The second-order valence-corrected chi connectivity index (χ2v) is 4.75. The number of ether oxygens (including phenoxy) is 1. The maximum Gasteiger partial charge on any atom is 0.330 e. The molecule has 1 aromatic rings. The van der Waals surface area contributed by atoms with Gasteiger partial charge in [-0.15, -0.1) is 0 Å². The van der Waals surface area contributed by atoms with Crippen LogP contribution in [0.3, 0.4) is 0 Å². The van der Waals surface area contributed by atoms with Gasteiger partial charge in [0.05, 0.1) is 6.61 Å². The normalized spacial score (nSPS) is 27.6. The number of aliphatic hydroxyl groups excluding tert-OH is 3. The highest BCUT2D eigenvalue weighted by Gasteiger charge is 2.43. The van der Waals surface area contributed by atoms with E-state index < -0.39 is 42.4 Å². The minimum Gasteiger partial charge on any atom is -0.394 e. The van der Waals surface area contributed by atoms with Gasteiger partial charge in [-0.3, -0.25) is 14.3 Å². The van der Waals surface area contributed by atoms with Crippen LogP contribution < -0.4 is 11.2 Å². The SMILES string of the molecule is [N-]=[N+]=NCCc1cn([C@@H]2O[C@H](CO)[C@@H](O)[C@H]2O)c(=O)[nH]c1=O. The standard InChI is InChI=1S/C11H15N5O6/c12-15-13-2-1-5-3-16(11(21)14-9(5)20)10-8(19)7(18)6(4-17)22-10/h3,6-8,10,17-19H,1-2,4H2,(H,14,20,21)/t6-,7-,8-,10-/m1/s1. The molecule has 0 bridgehead atoms. The molecule has 0 amide bonds. The second-order valence-electron chi connectivity index (χ2n) is 4.75. The third kappa shape index (κ3) is 3.03. The van der Waals surface area contributed by atoms with Gasteiger partial charge in [-0.05, 0) is 12.0 Å². The van der Waals surface area contributed by atoms with E-state index in [-0.39, 0.29) is 18.5 Å². The summed E-state index contributed by atoms with van der Waals surface area (Å²) in [6.45, 7) is -0.510. The highest BCUT2D eigenvalue weighted by Crippen LogP contribution is 2.27. The van der Waals surface area contributed by atoms with Crippen LogP contribution in [0.5, 0.6) is 0 Å². The van der Waals surface area contributed by atoms with Crippen LogP contribution in [0, 0.1) is 0 Å². The van der Waals surface area contributed by atoms with Crippen molar-refractivity contribution >= 4 is 0 Å². The molecule has 1 aliphatic rings. The number of nitrogens with zero attached hydrogens (tertiary/aromatic N) is 4. The predicted octanol–water partition coefficient (Wildman–Crippen LogP) is -2.00. The summed E-state index contributed by atoms with van der Waals surface area (Å²) in [7, 11) is 0. The summed E-state index contributed by atoms with van der Waals surface area (Å²) in [5.41, 5.74) is 6.91. The second kappa shape index (κ2) is 6.73. The fraction of sp³-hybridized carbons (Fsp3) is 0.636. The van der Waals surface area contributed by atoms with E-state index in [0.29, 0.717) is 0 Å². The van der Waals surface area contributed by atoms with E-state index in [2.05, 4.69) is 15.0 Å². The molecule has 0 unspecified atom stereocenters. The maximum absolute atomic E-state index is 11.8. The van der Waals surface area contributed by atoms with E-state index in [0.717, 1.165) is 4.57 Å². The molecule has 11 nitrogen and oxygen atoms in total. The Balaban J connectivity index is 2.35. The molecule has 0 spiro atoms. The molecule has 22 heavy (non-hydrogen) atoms. The van der Waals surface area contributed by atoms with Gasteiger partial charge in [-0.1, -0.05) is 5.11 Å². The van der Waals surface area contributed by atoms with Crippen molar-refractivity contribution in [3.05, 3.63) is 43.0 Å². The summed E-state index contributed by atoms with van der Waals surface area (Å²) in [5.74, 6) is 0. The molecule has 4 N–H and O–H groups in total. The quantitative estimate of drug-likeness (QED) is 0.278. The molecule has 1 fully saturated rings. The van der Waals surface area contributed by atoms with Crippen molar-refractivity contribution in [1.82, 2.24) is 9.55 Å². The highest BCUT2D eigenvalue weighted by molar-refractivity contribution is 5.06. The Morgan fingerprint density at radius 3 is 2.73 bits per heavy atom. The molecular weight excluding hydrogens is 298 g/mol. The van der Waals surface area contributed by atoms with Crippen LogP contribution in [0.15, 0.2) is 20.9 Å². The molecule has 2 heterocycles. The van der Waals surface area contributed by atoms with Crippen molar-refractivity contribution < 1.29 is 20.1 Å². The summed E-state index contributed by atoms with van der Waals surface area (Å²) in [6.07, 6.45) is -3.81. The van der Waals surface area contributed by atoms with Crippen molar-refractivity contribution in [3.8, 4) is 0 Å². The van der Waals surface area contributed by atoms with Crippen LogP contribution in [-0.2, 0) is 11.2 Å². The van der Waals surface area contributed by atoms with Crippen LogP contribution in [0.1, 0.15) is 11.8 Å². The summed E-state index contributed by atoms with van der Waals surface area (Å²) in [5, 5.41) is 31.9. The van der Waals surface area contributed by atoms with E-state index in [9.17, 15) is 19.8 Å². The number of hydrogen-bond donors (Lipinski definition) is 4. The van der Waals surface area contributed by atoms with Gasteiger partial charge in [0.15, 0.2) is 6.23 Å². The van der Waals surface area contributed by atoms with Gasteiger partial charge in [-0.2, -0.15) is 0 Å². The zero-order chi connectivity index (χ0) is 16.3. The minimum absolute atomic E-state index is 0.0216. The van der Waals surface area contributed by atoms with Crippen molar-refractivity contribution in [2.75, 3.05) is 13.2 Å². The number of nitrogens with one attached hydrogen (secondary N) is 1. The molecule has 1 saturated heterocycles. The Morgan fingerprint density at radius 1 is 1.41 bits per heavy atom. The average Bonchev–Trinajstić information content (AvgIpc) is 2.77. The number of azide groups is 1. The van der Waals surface area contributed by atoms with Crippen molar-refractivity contribution in [2.24, 2.45) is 5.11 Å². The van der Waals surface area contributed by atoms with Crippen molar-refractivity contribution in [1.29, 1.82) is 0 Å². The first-order valence-corrected chi connectivity index (χ1v) is 6.47. The van der Waals surface area contributed by atoms with E-state index in [1.807, 2.05) is 0 Å². The van der Waals surface area contributed by atoms with E-state index in [1.54, 1.807) is 0 Å². The van der Waals surface area contributed by atoms with E-state index in [1.165, 1.54) is 6.20 Å². The van der Waals surface area contributed by atoms with Crippen LogP contribution >= 0.6 is 0 Å². The molecule has 0 aliphatic carbocycles. The zero-order valence-electron chi connectivity index (χ0n) is 11.4. The van der Waals surface area contributed by atoms with Gasteiger partial charge in [0, 0.05) is 23.2 Å². The van der Waals surface area contributed by atoms with Crippen molar-refractivity contribution in [2.45, 2.75) is 31.0 Å². The van der Waals surface area contributed by atoms with Gasteiger partial charge in [0.2, 0.25) is 0 Å². The monoisotopic (exact) mass is 313 g/mol. The molecule has 0 saturated carbocycles. The lowest BCUT2D eigenvalue weighted by Gasteiger charge is -2.17. The number of aromatic amines is 1. The first-order valence-electron chi connectivity index (χ1n) is 6.47. The van der Waals surface area contributed by atoms with Crippen LogP contribution in [-0.4, -0.2) is 56.3 Å². The molecule has 0 aromatic carbocycles. The molecule has 11 heteroatoms. The Bertz CT molecular complexity index is 693. The third-order valence-electron chi connectivity index (χ3n) is 3.38. The first kappa shape index (κ1) is 16.2. The van der Waals surface area contributed by atoms with Crippen molar-refractivity contribution in [3.63, 3.8) is 0 Å². The van der Waals surface area contributed by atoms with E-state index >= 15 is 0 Å². The first-order chi connectivity index (χ1) is 10.5. The zero-order valence-corrected chi connectivity index (χ0v) is 11.4. The number of aromatic nitrogens is 2. The van der Waals surface area contributed by atoms with Gasteiger partial charge >= 0.3 is 5.69 Å². The Labute approximate surface area is 123 Å². The molecule has 0 radical (unpaired) electrons. The molecule has 120 valence electrons. The van der Waals surface area contributed by atoms with Gasteiger partial charge in [0.1, 0.15) is 18.3 Å². The van der Waals surface area contributed by atoms with Gasteiger partial charge < -0.3 is 20.1 Å². The smallest absolute Gasteiger partial charge is 0.330 e. The largest absolute Gasteiger partial charge is 0.394 e. The van der Waals surface area contributed by atoms with E-state index in [4.69, 9.17) is 15.4 Å². The van der Waals surface area contributed by atoms with Crippen LogP contribution in [0.25, 0.3) is 10.4 Å². The highest BCUT2D eigenvalue weighted by atomic mass is 16.6. The fourth-order valence-corrected chi connectivity index (χ4v) is 2.22. The van der Waals surface area contributed by atoms with Gasteiger partial charge in [0.25, 0.3) is 5.56 Å². The lowest BCUT2D eigenvalue weighted by atomic mass is 10.1. The predicted molar refractivity (Wildman–Crippen MR) is 72.0 cm³/mol. The molecule has 1 aliphatic heterocycles. The summed E-state index contributed by atoms with van der Waals surface area (Å²) >= 11 is 0. The Kier molecular flexibility index (Phi) is 4.96. The summed E-state index contributed by atoms with van der Waals surface area (Å²) < 4.78 is 6.16. The fourth-order valence-electron chi connectivity index (χ4n) is 2.22. The number of H-pyrrole nitrogens is 1. The number of rotatable bonds is 5. The summed E-state index contributed by atoms with van der Waals surface area (Å²) in [4.78, 5) is 28.1. The lowest BCUT2D eigenvalue weighted by molar-refractivity contribution is -0.0551. The Morgan fingerprint density at radius 2 is 2.14 bits per heavy atom. The number of aliphatic hydroxyl groups is 3. The van der Waals surface area contributed by atoms with Gasteiger partial charge in [-0.25, -0.2) is 4.79 Å².